The molecular weight excluding hydrogens is 252 g/mol. The zero-order valence-electron chi connectivity index (χ0n) is 11.4. The molecule has 1 heterocycles. The number of hydrogen-bond donors (Lipinski definition) is 3. The number of amides is 1. The molecule has 1 aliphatic heterocycles. The van der Waals surface area contributed by atoms with Crippen LogP contribution in [0, 0.1) is 5.92 Å². The summed E-state index contributed by atoms with van der Waals surface area (Å²) in [6.07, 6.45) is -0.376. The summed E-state index contributed by atoms with van der Waals surface area (Å²) >= 11 is 0. The van der Waals surface area contributed by atoms with Gasteiger partial charge in [-0.05, 0) is 20.8 Å². The molecule has 3 N–H and O–H groups in total. The molecule has 1 amide bonds. The van der Waals surface area contributed by atoms with E-state index in [9.17, 15) is 14.4 Å². The Morgan fingerprint density at radius 1 is 1.37 bits per heavy atom. The highest BCUT2D eigenvalue weighted by Crippen LogP contribution is 2.10. The van der Waals surface area contributed by atoms with E-state index in [2.05, 4.69) is 10.6 Å². The number of carbonyl (C=O) groups excluding carboxylic acids is 2. The predicted molar refractivity (Wildman–Crippen MR) is 66.4 cm³/mol. The van der Waals surface area contributed by atoms with E-state index in [1.54, 1.807) is 20.8 Å². The van der Waals surface area contributed by atoms with Gasteiger partial charge in [-0.2, -0.15) is 0 Å². The SMILES string of the molecule is CC(C)(C)OC(=O)C[C@H](NC(=O)C1CNC1)C(=O)O. The van der Waals surface area contributed by atoms with Crippen molar-refractivity contribution < 1.29 is 24.2 Å². The number of carboxylic acid groups (broad SMARTS) is 1. The van der Waals surface area contributed by atoms with Gasteiger partial charge in [-0.15, -0.1) is 0 Å². The van der Waals surface area contributed by atoms with Crippen molar-refractivity contribution in [3.05, 3.63) is 0 Å². The highest BCUT2D eigenvalue weighted by atomic mass is 16.6. The summed E-state index contributed by atoms with van der Waals surface area (Å²) in [5.41, 5.74) is -0.679. The molecule has 0 unspecified atom stereocenters. The van der Waals surface area contributed by atoms with Crippen molar-refractivity contribution in [1.29, 1.82) is 0 Å². The van der Waals surface area contributed by atoms with E-state index in [-0.39, 0.29) is 18.2 Å². The molecule has 7 nitrogen and oxygen atoms in total. The molecule has 1 saturated heterocycles. The molecule has 0 spiro atoms. The summed E-state index contributed by atoms with van der Waals surface area (Å²) in [6.45, 7) is 6.15. The van der Waals surface area contributed by atoms with Crippen molar-refractivity contribution in [2.75, 3.05) is 13.1 Å². The van der Waals surface area contributed by atoms with Crippen LogP contribution in [0.15, 0.2) is 0 Å². The Labute approximate surface area is 111 Å². The zero-order chi connectivity index (χ0) is 14.6. The van der Waals surface area contributed by atoms with Gasteiger partial charge >= 0.3 is 11.9 Å². The Balaban J connectivity index is 2.50. The maximum absolute atomic E-state index is 11.6. The quantitative estimate of drug-likeness (QED) is 0.583. The Morgan fingerprint density at radius 3 is 2.32 bits per heavy atom. The molecule has 0 aromatic heterocycles. The first-order chi connectivity index (χ1) is 8.69. The highest BCUT2D eigenvalue weighted by Gasteiger charge is 2.31. The number of hydrogen-bond acceptors (Lipinski definition) is 5. The fraction of sp³-hybridized carbons (Fsp3) is 0.750. The smallest absolute Gasteiger partial charge is 0.326 e. The first-order valence-electron chi connectivity index (χ1n) is 6.15. The summed E-state index contributed by atoms with van der Waals surface area (Å²) in [4.78, 5) is 34.2. The van der Waals surface area contributed by atoms with Crippen LogP contribution < -0.4 is 10.6 Å². The summed E-state index contributed by atoms with van der Waals surface area (Å²) < 4.78 is 5.03. The van der Waals surface area contributed by atoms with Crippen LogP contribution in [0.2, 0.25) is 0 Å². The van der Waals surface area contributed by atoms with Crippen LogP contribution in [0.4, 0.5) is 0 Å². The summed E-state index contributed by atoms with van der Waals surface area (Å²) in [5.74, 6) is -2.46. The van der Waals surface area contributed by atoms with Crippen LogP contribution in [0.25, 0.3) is 0 Å². The van der Waals surface area contributed by atoms with Gasteiger partial charge in [0.15, 0.2) is 0 Å². The number of carboxylic acids is 1. The molecule has 0 bridgehead atoms. The van der Waals surface area contributed by atoms with Crippen LogP contribution in [-0.4, -0.2) is 47.7 Å². The molecule has 1 rings (SSSR count). The predicted octanol–water partition coefficient (Wildman–Crippen LogP) is -0.493. The number of esters is 1. The standard InChI is InChI=1S/C12H20N2O5/c1-12(2,3)19-9(15)4-8(11(17)18)14-10(16)7-5-13-6-7/h7-8,13H,4-6H2,1-3H3,(H,14,16)(H,17,18)/t8-/m0/s1. The largest absolute Gasteiger partial charge is 0.480 e. The lowest BCUT2D eigenvalue weighted by Crippen LogP contribution is -2.54. The van der Waals surface area contributed by atoms with Gasteiger partial charge in [0.25, 0.3) is 0 Å². The minimum atomic E-state index is -1.25. The Bertz CT molecular complexity index is 371. The number of nitrogens with one attached hydrogen (secondary N) is 2. The van der Waals surface area contributed by atoms with Gasteiger partial charge in [-0.25, -0.2) is 4.79 Å². The number of aliphatic carboxylic acids is 1. The molecule has 7 heteroatoms. The lowest BCUT2D eigenvalue weighted by Gasteiger charge is -2.27. The lowest BCUT2D eigenvalue weighted by molar-refractivity contribution is -0.158. The Kier molecular flexibility index (Phi) is 4.88. The van der Waals surface area contributed by atoms with Gasteiger partial charge in [-0.3, -0.25) is 9.59 Å². The van der Waals surface area contributed by atoms with Crippen LogP contribution in [0.3, 0.4) is 0 Å². The van der Waals surface area contributed by atoms with E-state index >= 15 is 0 Å². The van der Waals surface area contributed by atoms with E-state index in [4.69, 9.17) is 9.84 Å². The summed E-state index contributed by atoms with van der Waals surface area (Å²) in [6, 6.07) is -1.25. The van der Waals surface area contributed by atoms with Gasteiger partial charge < -0.3 is 20.5 Å². The maximum atomic E-state index is 11.6. The van der Waals surface area contributed by atoms with Crippen LogP contribution >= 0.6 is 0 Å². The van der Waals surface area contributed by atoms with Gasteiger partial charge in [0, 0.05) is 13.1 Å². The van der Waals surface area contributed by atoms with Crippen LogP contribution in [0.1, 0.15) is 27.2 Å². The monoisotopic (exact) mass is 272 g/mol. The average molecular weight is 272 g/mol. The minimum Gasteiger partial charge on any atom is -0.480 e. The molecule has 0 aromatic carbocycles. The van der Waals surface area contributed by atoms with Gasteiger partial charge in [-0.1, -0.05) is 0 Å². The van der Waals surface area contributed by atoms with Crippen molar-refractivity contribution in [3.63, 3.8) is 0 Å². The second kappa shape index (κ2) is 6.01. The fourth-order valence-electron chi connectivity index (χ4n) is 1.51. The molecule has 0 saturated carbocycles. The molecule has 0 radical (unpaired) electrons. The fourth-order valence-corrected chi connectivity index (χ4v) is 1.51. The third kappa shape index (κ3) is 5.25. The third-order valence-corrected chi connectivity index (χ3v) is 2.56. The van der Waals surface area contributed by atoms with Crippen molar-refractivity contribution >= 4 is 17.8 Å². The highest BCUT2D eigenvalue weighted by molar-refractivity contribution is 5.88. The topological polar surface area (TPSA) is 105 Å². The second-order valence-corrected chi connectivity index (χ2v) is 5.55. The van der Waals surface area contributed by atoms with E-state index < -0.39 is 23.6 Å². The Hall–Kier alpha value is -1.63. The van der Waals surface area contributed by atoms with E-state index in [0.29, 0.717) is 13.1 Å². The van der Waals surface area contributed by atoms with Crippen molar-refractivity contribution in [2.24, 2.45) is 5.92 Å². The molecule has 1 aliphatic rings. The summed E-state index contributed by atoms with van der Waals surface area (Å²) in [7, 11) is 0. The summed E-state index contributed by atoms with van der Waals surface area (Å²) in [5, 5.41) is 14.3. The van der Waals surface area contributed by atoms with Gasteiger partial charge in [0.05, 0.1) is 12.3 Å². The molecule has 108 valence electrons. The molecule has 0 aromatic rings. The van der Waals surface area contributed by atoms with E-state index in [0.717, 1.165) is 0 Å². The van der Waals surface area contributed by atoms with Gasteiger partial charge in [0.2, 0.25) is 5.91 Å². The normalized spacial score (nSPS) is 17.2. The van der Waals surface area contributed by atoms with Gasteiger partial charge in [0.1, 0.15) is 11.6 Å². The maximum Gasteiger partial charge on any atom is 0.326 e. The lowest BCUT2D eigenvalue weighted by atomic mass is 10.0. The number of carbonyl (C=O) groups is 3. The number of rotatable bonds is 5. The van der Waals surface area contributed by atoms with Crippen molar-refractivity contribution in [1.82, 2.24) is 10.6 Å². The van der Waals surface area contributed by atoms with Crippen LogP contribution in [-0.2, 0) is 19.1 Å². The minimum absolute atomic E-state index is 0.222. The third-order valence-electron chi connectivity index (χ3n) is 2.56. The van der Waals surface area contributed by atoms with E-state index in [1.807, 2.05) is 0 Å². The first kappa shape index (κ1) is 15.4. The van der Waals surface area contributed by atoms with Crippen LogP contribution in [0.5, 0.6) is 0 Å². The molecule has 1 atom stereocenters. The second-order valence-electron chi connectivity index (χ2n) is 5.55. The first-order valence-corrected chi connectivity index (χ1v) is 6.15. The molecule has 1 fully saturated rings. The van der Waals surface area contributed by atoms with Crippen molar-refractivity contribution in [3.8, 4) is 0 Å². The zero-order valence-corrected chi connectivity index (χ0v) is 11.4. The Morgan fingerprint density at radius 2 is 1.95 bits per heavy atom. The molecule has 19 heavy (non-hydrogen) atoms. The average Bonchev–Trinajstić information content (AvgIpc) is 2.09. The molecule has 0 aliphatic carbocycles. The molecular formula is C12H20N2O5. The van der Waals surface area contributed by atoms with E-state index in [1.165, 1.54) is 0 Å². The number of ether oxygens (including phenoxy) is 1. The van der Waals surface area contributed by atoms with Crippen molar-refractivity contribution in [2.45, 2.75) is 38.8 Å².